The normalized spacial score (nSPS) is 28.4. The molecule has 136 valence electrons. The Morgan fingerprint density at radius 2 is 2.04 bits per heavy atom. The van der Waals surface area contributed by atoms with Crippen LogP contribution in [0.25, 0.3) is 6.08 Å². The van der Waals surface area contributed by atoms with Crippen molar-refractivity contribution in [1.82, 2.24) is 10.2 Å². The number of hydrogen-bond acceptors (Lipinski definition) is 3. The van der Waals surface area contributed by atoms with Crippen LogP contribution in [-0.2, 0) is 11.2 Å². The van der Waals surface area contributed by atoms with Crippen LogP contribution in [0.1, 0.15) is 43.7 Å². The van der Waals surface area contributed by atoms with Crippen molar-refractivity contribution in [3.8, 4) is 0 Å². The molecule has 4 heteroatoms. The highest BCUT2D eigenvalue weighted by molar-refractivity contribution is 5.78. The summed E-state index contributed by atoms with van der Waals surface area (Å²) in [6, 6.07) is 8.05. The predicted octanol–water partition coefficient (Wildman–Crippen LogP) is 2.62. The van der Waals surface area contributed by atoms with Crippen LogP contribution in [0, 0.1) is 5.92 Å². The number of rotatable bonds is 7. The molecular weight excluding hydrogens is 312 g/mol. The van der Waals surface area contributed by atoms with Gasteiger partial charge in [-0.3, -0.25) is 4.79 Å². The lowest BCUT2D eigenvalue weighted by atomic mass is 9.75. The van der Waals surface area contributed by atoms with Crippen LogP contribution in [0.4, 0.5) is 0 Å². The van der Waals surface area contributed by atoms with E-state index in [1.165, 1.54) is 0 Å². The third-order valence-electron chi connectivity index (χ3n) is 5.53. The highest BCUT2D eigenvalue weighted by atomic mass is 16.3. The van der Waals surface area contributed by atoms with Crippen LogP contribution < -0.4 is 5.32 Å². The summed E-state index contributed by atoms with van der Waals surface area (Å²) in [4.78, 5) is 14.2. The molecule has 1 amide bonds. The molecule has 1 aromatic carbocycles. The molecule has 3 aliphatic rings. The maximum atomic E-state index is 11.9. The Kier molecular flexibility index (Phi) is 5.92. The number of piperidine rings is 3. The van der Waals surface area contributed by atoms with E-state index in [2.05, 4.69) is 17.1 Å². The molecule has 4 nitrogen and oxygen atoms in total. The first-order chi connectivity index (χ1) is 12.1. The van der Waals surface area contributed by atoms with Crippen molar-refractivity contribution < 1.29 is 9.90 Å². The van der Waals surface area contributed by atoms with Gasteiger partial charge in [-0.25, -0.2) is 0 Å². The summed E-state index contributed by atoms with van der Waals surface area (Å²) in [6.07, 6.45) is 8.72. The number of nitrogens with one attached hydrogen (secondary N) is 1. The molecular formula is C21H30N2O2. The molecule has 0 spiro atoms. The Hall–Kier alpha value is -1.65. The van der Waals surface area contributed by atoms with Crippen molar-refractivity contribution in [2.45, 2.75) is 44.6 Å². The van der Waals surface area contributed by atoms with E-state index >= 15 is 0 Å². The van der Waals surface area contributed by atoms with E-state index in [9.17, 15) is 9.90 Å². The monoisotopic (exact) mass is 342 g/mol. The topological polar surface area (TPSA) is 52.6 Å². The van der Waals surface area contributed by atoms with E-state index in [0.29, 0.717) is 12.3 Å². The van der Waals surface area contributed by atoms with Crippen molar-refractivity contribution in [3.05, 3.63) is 41.5 Å². The summed E-state index contributed by atoms with van der Waals surface area (Å²) in [6.45, 7) is 5.87. The second-order valence-corrected chi connectivity index (χ2v) is 7.50. The van der Waals surface area contributed by atoms with Gasteiger partial charge in [0.25, 0.3) is 0 Å². The number of hydrogen-bond donors (Lipinski definition) is 2. The Morgan fingerprint density at radius 3 is 2.64 bits per heavy atom. The minimum Gasteiger partial charge on any atom is -0.384 e. The smallest absolute Gasteiger partial charge is 0.224 e. The number of amides is 1. The van der Waals surface area contributed by atoms with Gasteiger partial charge < -0.3 is 15.3 Å². The van der Waals surface area contributed by atoms with Crippen LogP contribution in [-0.4, -0.2) is 47.7 Å². The zero-order chi connectivity index (χ0) is 17.7. The maximum absolute atomic E-state index is 11.9. The standard InChI is InChI=1S/C21H30N2O2/c1-2-3-12-22-20(24)15-18-6-4-17(5-7-18)8-11-21(25)16-23-13-9-19(21)10-14-23/h4-8,11,19,25H,2-3,9-10,12-16H2,1H3,(H,22,24)/b11-8+. The number of carbonyl (C=O) groups is 1. The Balaban J connectivity index is 1.55. The average molecular weight is 342 g/mol. The molecule has 0 radical (unpaired) electrons. The highest BCUT2D eigenvalue weighted by Crippen LogP contribution is 2.36. The SMILES string of the molecule is CCCCNC(=O)Cc1ccc(/C=C/C2(O)CN3CCC2CC3)cc1. The molecule has 2 bridgehead atoms. The van der Waals surface area contributed by atoms with E-state index in [4.69, 9.17) is 0 Å². The lowest BCUT2D eigenvalue weighted by Crippen LogP contribution is -2.58. The first-order valence-corrected chi connectivity index (χ1v) is 9.58. The third kappa shape index (κ3) is 4.71. The van der Waals surface area contributed by atoms with Crippen molar-refractivity contribution in [2.75, 3.05) is 26.2 Å². The zero-order valence-corrected chi connectivity index (χ0v) is 15.2. The van der Waals surface area contributed by atoms with Gasteiger partial charge in [0.2, 0.25) is 5.91 Å². The molecule has 1 unspecified atom stereocenters. The Morgan fingerprint density at radius 1 is 1.32 bits per heavy atom. The minimum atomic E-state index is -0.686. The quantitative estimate of drug-likeness (QED) is 0.749. The zero-order valence-electron chi connectivity index (χ0n) is 15.2. The molecule has 25 heavy (non-hydrogen) atoms. The van der Waals surface area contributed by atoms with E-state index in [0.717, 1.165) is 63.0 Å². The van der Waals surface area contributed by atoms with Crippen LogP contribution in [0.15, 0.2) is 30.3 Å². The van der Waals surface area contributed by atoms with Gasteiger partial charge in [0.05, 0.1) is 12.0 Å². The lowest BCUT2D eigenvalue weighted by Gasteiger charge is -2.49. The summed E-state index contributed by atoms with van der Waals surface area (Å²) in [5, 5.41) is 13.9. The first-order valence-electron chi connectivity index (χ1n) is 9.58. The largest absolute Gasteiger partial charge is 0.384 e. The van der Waals surface area contributed by atoms with E-state index in [-0.39, 0.29) is 5.91 Å². The summed E-state index contributed by atoms with van der Waals surface area (Å²) < 4.78 is 0. The van der Waals surface area contributed by atoms with Gasteiger partial charge in [0.1, 0.15) is 0 Å². The molecule has 0 aliphatic carbocycles. The van der Waals surface area contributed by atoms with Crippen molar-refractivity contribution in [3.63, 3.8) is 0 Å². The maximum Gasteiger partial charge on any atom is 0.224 e. The van der Waals surface area contributed by atoms with Crippen LogP contribution in [0.5, 0.6) is 0 Å². The summed E-state index contributed by atoms with van der Waals surface area (Å²) >= 11 is 0. The summed E-state index contributed by atoms with van der Waals surface area (Å²) in [5.41, 5.74) is 1.40. The molecule has 0 aromatic heterocycles. The Bertz CT molecular complexity index is 603. The number of carbonyl (C=O) groups excluding carboxylic acids is 1. The molecule has 1 atom stereocenters. The summed E-state index contributed by atoms with van der Waals surface area (Å²) in [5.74, 6) is 0.471. The van der Waals surface area contributed by atoms with Gasteiger partial charge >= 0.3 is 0 Å². The third-order valence-corrected chi connectivity index (χ3v) is 5.53. The predicted molar refractivity (Wildman–Crippen MR) is 101 cm³/mol. The second kappa shape index (κ2) is 8.15. The first kappa shape index (κ1) is 18.2. The van der Waals surface area contributed by atoms with Gasteiger partial charge in [0.15, 0.2) is 0 Å². The number of aliphatic hydroxyl groups is 1. The van der Waals surface area contributed by atoms with Crippen molar-refractivity contribution in [1.29, 1.82) is 0 Å². The summed E-state index contributed by atoms with van der Waals surface area (Å²) in [7, 11) is 0. The molecule has 4 rings (SSSR count). The van der Waals surface area contributed by atoms with Crippen LogP contribution in [0.2, 0.25) is 0 Å². The molecule has 3 heterocycles. The molecule has 3 fully saturated rings. The molecule has 2 N–H and O–H groups in total. The van der Waals surface area contributed by atoms with Crippen molar-refractivity contribution >= 4 is 12.0 Å². The number of nitrogens with zero attached hydrogens (tertiary/aromatic N) is 1. The molecule has 1 aromatic rings. The van der Waals surface area contributed by atoms with E-state index in [1.54, 1.807) is 0 Å². The highest BCUT2D eigenvalue weighted by Gasteiger charge is 2.43. The van der Waals surface area contributed by atoms with E-state index in [1.807, 2.05) is 36.4 Å². The van der Waals surface area contributed by atoms with Gasteiger partial charge in [-0.2, -0.15) is 0 Å². The Labute approximate surface area is 150 Å². The van der Waals surface area contributed by atoms with Gasteiger partial charge in [-0.1, -0.05) is 49.8 Å². The second-order valence-electron chi connectivity index (χ2n) is 7.50. The number of benzene rings is 1. The van der Waals surface area contributed by atoms with Gasteiger partial charge in [0, 0.05) is 13.1 Å². The van der Waals surface area contributed by atoms with Gasteiger partial charge in [-0.15, -0.1) is 0 Å². The molecule has 0 saturated carbocycles. The fourth-order valence-corrected chi connectivity index (χ4v) is 3.91. The molecule has 3 aliphatic heterocycles. The fraction of sp³-hybridized carbons (Fsp3) is 0.571. The van der Waals surface area contributed by atoms with E-state index < -0.39 is 5.60 Å². The number of fused-ring (bicyclic) bond motifs is 3. The van der Waals surface area contributed by atoms with Crippen molar-refractivity contribution in [2.24, 2.45) is 5.92 Å². The van der Waals surface area contributed by atoms with Crippen LogP contribution >= 0.6 is 0 Å². The average Bonchev–Trinajstić information content (AvgIpc) is 2.62. The fourth-order valence-electron chi connectivity index (χ4n) is 3.91. The lowest BCUT2D eigenvalue weighted by molar-refractivity contribution is -0.120. The number of unbranched alkanes of at least 4 members (excludes halogenated alkanes) is 1. The minimum absolute atomic E-state index is 0.0818. The molecule has 3 saturated heterocycles. The van der Waals surface area contributed by atoms with Gasteiger partial charge in [-0.05, 0) is 49.4 Å². The van der Waals surface area contributed by atoms with Crippen LogP contribution in [0.3, 0.4) is 0 Å².